The topological polar surface area (TPSA) is 565 Å². The van der Waals surface area contributed by atoms with Gasteiger partial charge in [0.2, 0.25) is 0 Å². The van der Waals surface area contributed by atoms with E-state index < -0.39 is 118 Å². The summed E-state index contributed by atoms with van der Waals surface area (Å²) in [6.45, 7) is 3.49. The van der Waals surface area contributed by atoms with Gasteiger partial charge < -0.3 is 81.8 Å². The summed E-state index contributed by atoms with van der Waals surface area (Å²) < 4.78 is 105. The summed E-state index contributed by atoms with van der Waals surface area (Å²) in [5.74, 6) is 4.14. The molecule has 67 heavy (non-hydrogen) atoms. The van der Waals surface area contributed by atoms with Gasteiger partial charge in [-0.1, -0.05) is 11.8 Å². The Balaban J connectivity index is 0.000000355. The molecule has 0 bridgehead atoms. The molecule has 2 aromatic rings. The van der Waals surface area contributed by atoms with Crippen LogP contribution < -0.4 is 34.3 Å². The summed E-state index contributed by atoms with van der Waals surface area (Å²) in [6, 6.07) is 1.29. The van der Waals surface area contributed by atoms with Gasteiger partial charge in [0.1, 0.15) is 36.1 Å². The zero-order chi connectivity index (χ0) is 51.7. The van der Waals surface area contributed by atoms with E-state index in [-0.39, 0.29) is 17.3 Å². The molecule has 18 N–H and O–H groups in total. The smallest absolute Gasteiger partial charge is 0.387 e. The number of rotatable bonds is 16. The zero-order valence-electron chi connectivity index (χ0n) is 33.3. The van der Waals surface area contributed by atoms with Crippen molar-refractivity contribution in [3.8, 4) is 22.6 Å². The first-order chi connectivity index (χ1) is 30.2. The molecule has 2 aliphatic heterocycles. The first kappa shape index (κ1) is 58.9. The molecule has 0 radical (unpaired) electrons. The summed E-state index contributed by atoms with van der Waals surface area (Å²) >= 11 is 10.8. The summed E-state index contributed by atoms with van der Waals surface area (Å²) in [4.78, 5) is 104. The molecule has 378 valence electrons. The maximum atomic E-state index is 12.4. The molecule has 0 aromatic carbocycles. The van der Waals surface area contributed by atoms with Crippen LogP contribution in [-0.4, -0.2) is 121 Å². The van der Waals surface area contributed by atoms with E-state index in [0.717, 1.165) is 24.6 Å². The van der Waals surface area contributed by atoms with E-state index in [0.29, 0.717) is 4.68 Å². The van der Waals surface area contributed by atoms with Gasteiger partial charge in [0, 0.05) is 16.5 Å². The third-order valence-electron chi connectivity index (χ3n) is 8.23. The Bertz CT molecular complexity index is 2740. The van der Waals surface area contributed by atoms with Gasteiger partial charge in [-0.2, -0.15) is 37.0 Å². The lowest BCUT2D eigenvalue weighted by molar-refractivity contribution is -0.0793. The predicted octanol–water partition coefficient (Wildman–Crippen LogP) is -2.87. The van der Waals surface area contributed by atoms with Gasteiger partial charge in [0.15, 0.2) is 23.5 Å². The van der Waals surface area contributed by atoms with Crippen LogP contribution in [0.15, 0.2) is 21.9 Å². The Morgan fingerprint density at radius 3 is 1.45 bits per heavy atom. The van der Waals surface area contributed by atoms with Crippen molar-refractivity contribution in [1.82, 2.24) is 24.3 Å². The SMILES string of the molecule is C[C@@H](OP(=O)(O)OP(=O)(O)OP(=O)(O)O)[C@H]1O[C@@H](n2ncc(N)nc2=O)C(N)(C#CCl)[C@H]1O.Cc1cc(N)nc(=O)n1[C@@H]1O[C@H]([C@@H](C)OP(=O)(O)OP(=O)(O)OP(=O)(O)O)[C@H](O)C1(N)C#CCl. The number of nitrogens with zero attached hydrogens (tertiary/aromatic N) is 5. The number of anilines is 2. The quantitative estimate of drug-likeness (QED) is 0.0593. The standard InChI is InChI=1S/C13H20ClN4O13P3.C11H17ClN5O13P3/c1-6-5-8(15)17-12(20)18(6)11-13(16,3-4-14)10(19)9(28-11)7(2)29-33(24,25)31-34(26,27)30-32(21,22)23;1-5(28-32(23,24)30-33(25,26)29-31(20,21)22)7-8(18)11(14,2-3-12)9(27-7)17-10(19)16-6(13)4-15-17/h5,7,9-11,19H,16H2,1-2H3,(H,24,25)(H,26,27)(H2,15,17,20)(H2,21,22,23);4-5,7-9,18H,14H2,1H3,(H,23,24)(H,25,26)(H2,13,16,19)(H2,20,21,22)/t7-,9-,10+,11-,13?;5-,7-,8+,9-,11?/m11/s1. The van der Waals surface area contributed by atoms with Crippen LogP contribution in [0.1, 0.15) is 32.0 Å². The van der Waals surface area contributed by atoms with E-state index in [1.165, 1.54) is 13.0 Å². The van der Waals surface area contributed by atoms with Gasteiger partial charge >= 0.3 is 58.3 Å². The van der Waals surface area contributed by atoms with Crippen LogP contribution in [0.2, 0.25) is 0 Å². The van der Waals surface area contributed by atoms with Gasteiger partial charge in [-0.15, -0.1) is 0 Å². The monoisotopic (exact) mass is 1120 g/mol. The summed E-state index contributed by atoms with van der Waals surface area (Å²) in [6.07, 6.45) is -12.7. The lowest BCUT2D eigenvalue weighted by Gasteiger charge is -2.29. The molecule has 2 saturated heterocycles. The Hall–Kier alpha value is -2.43. The van der Waals surface area contributed by atoms with Crippen LogP contribution in [0.5, 0.6) is 0 Å². The highest BCUT2D eigenvalue weighted by Gasteiger charge is 2.59. The van der Waals surface area contributed by atoms with Crippen molar-refractivity contribution < 1.29 is 113 Å². The number of aliphatic hydroxyl groups is 2. The minimum atomic E-state index is -5.79. The van der Waals surface area contributed by atoms with Crippen molar-refractivity contribution in [2.75, 3.05) is 11.5 Å². The number of hydrogen-bond acceptors (Lipinski definition) is 25. The number of nitrogens with two attached hydrogens (primary N) is 4. The number of phosphoric acid groups is 6. The van der Waals surface area contributed by atoms with Gasteiger partial charge in [-0.05, 0) is 50.0 Å². The Morgan fingerprint density at radius 2 is 1.07 bits per heavy atom. The number of halogens is 2. The molecule has 0 spiro atoms. The average molecular weight is 1120 g/mol. The normalized spacial score (nSPS) is 29.7. The third kappa shape index (κ3) is 15.5. The van der Waals surface area contributed by atoms with E-state index in [2.05, 4.69) is 53.2 Å². The molecule has 4 rings (SSSR count). The highest BCUT2D eigenvalue weighted by atomic mass is 35.5. The second-order valence-electron chi connectivity index (χ2n) is 13.3. The molecule has 2 aromatic heterocycles. The summed E-state index contributed by atoms with van der Waals surface area (Å²) in [5.41, 5.74) is 17.0. The molecule has 0 saturated carbocycles. The highest BCUT2D eigenvalue weighted by molar-refractivity contribution is 7.67. The highest BCUT2D eigenvalue weighted by Crippen LogP contribution is 2.68. The number of aliphatic hydroxyl groups excluding tert-OH is 2. The van der Waals surface area contributed by atoms with Gasteiger partial charge in [0.05, 0.1) is 18.4 Å². The number of aromatic nitrogens is 5. The molecule has 2 fully saturated rings. The average Bonchev–Trinajstić information content (AvgIpc) is 3.49. The van der Waals surface area contributed by atoms with E-state index in [9.17, 15) is 66.8 Å². The summed E-state index contributed by atoms with van der Waals surface area (Å²) in [5, 5.41) is 29.0. The van der Waals surface area contributed by atoms with E-state index in [4.69, 9.17) is 75.2 Å². The van der Waals surface area contributed by atoms with Crippen molar-refractivity contribution in [2.45, 2.75) is 80.9 Å². The Morgan fingerprint density at radius 1 is 0.687 bits per heavy atom. The van der Waals surface area contributed by atoms with Crippen LogP contribution in [0, 0.1) is 29.5 Å². The largest absolute Gasteiger partial charge is 0.490 e. The Kier molecular flexibility index (Phi) is 18.9. The fourth-order valence-corrected chi connectivity index (χ4v) is 12.5. The molecule has 43 heteroatoms. The van der Waals surface area contributed by atoms with Crippen molar-refractivity contribution in [3.05, 3.63) is 38.9 Å². The molecular weight excluding hydrogens is 1090 g/mol. The first-order valence-electron chi connectivity index (χ1n) is 16.9. The molecule has 0 amide bonds. The Labute approximate surface area is 383 Å². The molecule has 2 aliphatic rings. The molecule has 35 nitrogen and oxygen atoms in total. The lowest BCUT2D eigenvalue weighted by atomic mass is 9.90. The molecule has 14 atom stereocenters. The number of aryl methyl sites for hydroxylation is 1. The fraction of sp³-hybridized carbons (Fsp3) is 0.542. The van der Waals surface area contributed by atoms with Crippen LogP contribution in [0.3, 0.4) is 0 Å². The van der Waals surface area contributed by atoms with Crippen molar-refractivity contribution in [1.29, 1.82) is 0 Å². The second-order valence-corrected chi connectivity index (χ2v) is 22.4. The van der Waals surface area contributed by atoms with Crippen molar-refractivity contribution in [3.63, 3.8) is 0 Å². The third-order valence-corrected chi connectivity index (χ3v) is 16.3. The fourth-order valence-electron chi connectivity index (χ4n) is 5.79. The van der Waals surface area contributed by atoms with Crippen LogP contribution in [0.4, 0.5) is 11.6 Å². The molecular formula is C24H37Cl2N9O26P6. The van der Waals surface area contributed by atoms with Gasteiger partial charge in [-0.3, -0.25) is 13.6 Å². The zero-order valence-corrected chi connectivity index (χ0v) is 40.1. The number of ether oxygens (including phenoxy) is 2. The molecule has 0 aliphatic carbocycles. The van der Waals surface area contributed by atoms with E-state index >= 15 is 0 Å². The van der Waals surface area contributed by atoms with Crippen LogP contribution in [0.25, 0.3) is 0 Å². The van der Waals surface area contributed by atoms with Crippen LogP contribution >= 0.6 is 70.1 Å². The van der Waals surface area contributed by atoms with E-state index in [1.54, 1.807) is 0 Å². The number of phosphoric ester groups is 2. The summed E-state index contributed by atoms with van der Waals surface area (Å²) in [7, 11) is -34.0. The predicted molar refractivity (Wildman–Crippen MR) is 218 cm³/mol. The molecule has 4 heterocycles. The number of hydrogen-bond donors (Lipinski definition) is 14. The second kappa shape index (κ2) is 21.5. The minimum Gasteiger partial charge on any atom is -0.387 e. The lowest BCUT2D eigenvalue weighted by Crippen LogP contribution is -2.56. The maximum absolute atomic E-state index is 12.4. The van der Waals surface area contributed by atoms with Crippen LogP contribution in [-0.2, 0) is 63.2 Å². The number of nitrogen functional groups attached to an aromatic ring is 2. The van der Waals surface area contributed by atoms with Gasteiger partial charge in [-0.25, -0.2) is 37.0 Å². The maximum Gasteiger partial charge on any atom is 0.490 e. The van der Waals surface area contributed by atoms with Crippen molar-refractivity contribution >= 4 is 81.8 Å². The van der Waals surface area contributed by atoms with E-state index in [1.807, 2.05) is 10.8 Å². The first-order valence-corrected chi connectivity index (χ1v) is 26.7. The van der Waals surface area contributed by atoms with Crippen molar-refractivity contribution in [2.24, 2.45) is 11.5 Å². The molecule has 6 unspecified atom stereocenters. The minimum absolute atomic E-state index is 0.124. The van der Waals surface area contributed by atoms with Gasteiger partial charge in [0.25, 0.3) is 0 Å².